The molecule has 0 bridgehead atoms. The second-order valence-electron chi connectivity index (χ2n) is 4.57. The van der Waals surface area contributed by atoms with Crippen LogP contribution in [0.4, 0.5) is 0 Å². The van der Waals surface area contributed by atoms with Gasteiger partial charge >= 0.3 is 0 Å². The highest BCUT2D eigenvalue weighted by atomic mass is 16.4. The fourth-order valence-electron chi connectivity index (χ4n) is 2.49. The lowest BCUT2D eigenvalue weighted by molar-refractivity contribution is 0.318. The second kappa shape index (κ2) is 4.72. The summed E-state index contributed by atoms with van der Waals surface area (Å²) in [5, 5.41) is 11.9. The Bertz CT molecular complexity index is 632. The van der Waals surface area contributed by atoms with E-state index in [1.54, 1.807) is 24.7 Å². The Morgan fingerprint density at radius 3 is 3.00 bits per heavy atom. The van der Waals surface area contributed by atoms with E-state index in [4.69, 9.17) is 10.9 Å². The average Bonchev–Trinajstić information content (AvgIpc) is 2.90. The molecule has 0 fully saturated rings. The van der Waals surface area contributed by atoms with E-state index in [9.17, 15) is 0 Å². The third kappa shape index (κ3) is 1.95. The third-order valence-corrected chi connectivity index (χ3v) is 3.43. The summed E-state index contributed by atoms with van der Waals surface area (Å²) in [5.74, 6) is 0.717. The highest BCUT2D eigenvalue weighted by Crippen LogP contribution is 2.23. The Kier molecular flexibility index (Phi) is 2.91. The third-order valence-electron chi connectivity index (χ3n) is 3.43. The summed E-state index contributed by atoms with van der Waals surface area (Å²) >= 11 is 0. The summed E-state index contributed by atoms with van der Waals surface area (Å²) in [4.78, 5) is 8.79. The van der Waals surface area contributed by atoms with Gasteiger partial charge in [-0.05, 0) is 37.8 Å². The van der Waals surface area contributed by atoms with Crippen LogP contribution >= 0.6 is 0 Å². The van der Waals surface area contributed by atoms with Gasteiger partial charge in [0.2, 0.25) is 0 Å². The first-order valence-electron chi connectivity index (χ1n) is 6.29. The molecule has 98 valence electrons. The lowest BCUT2D eigenvalue weighted by Gasteiger charge is -2.15. The van der Waals surface area contributed by atoms with Crippen LogP contribution in [0.2, 0.25) is 0 Å². The van der Waals surface area contributed by atoms with E-state index in [1.165, 1.54) is 12.1 Å². The maximum Gasteiger partial charge on any atom is 0.173 e. The number of aryl methyl sites for hydroxylation is 1. The number of hydrogen-bond acceptors (Lipinski definition) is 4. The van der Waals surface area contributed by atoms with Gasteiger partial charge in [-0.25, -0.2) is 9.97 Å². The lowest BCUT2D eigenvalue weighted by Crippen LogP contribution is -2.18. The molecule has 2 aromatic rings. The molecule has 0 radical (unpaired) electrons. The van der Waals surface area contributed by atoms with Gasteiger partial charge in [-0.15, -0.1) is 0 Å². The number of nitrogens with zero attached hydrogens (tertiary/aromatic N) is 4. The molecule has 2 aromatic heterocycles. The van der Waals surface area contributed by atoms with E-state index < -0.39 is 0 Å². The van der Waals surface area contributed by atoms with Crippen LogP contribution in [0.5, 0.6) is 0 Å². The number of rotatable bonds is 2. The lowest BCUT2D eigenvalue weighted by atomic mass is 10.0. The Morgan fingerprint density at radius 1 is 1.32 bits per heavy atom. The van der Waals surface area contributed by atoms with Crippen LogP contribution in [0, 0.1) is 0 Å². The predicted molar refractivity (Wildman–Crippen MR) is 70.5 cm³/mol. The van der Waals surface area contributed by atoms with Gasteiger partial charge in [0.05, 0.1) is 11.3 Å². The molecule has 2 heterocycles. The van der Waals surface area contributed by atoms with Crippen LogP contribution in [-0.2, 0) is 12.8 Å². The zero-order valence-electron chi connectivity index (χ0n) is 10.5. The summed E-state index contributed by atoms with van der Waals surface area (Å²) in [7, 11) is 0. The first-order chi connectivity index (χ1) is 9.31. The fourth-order valence-corrected chi connectivity index (χ4v) is 2.49. The molecule has 0 aliphatic heterocycles. The minimum Gasteiger partial charge on any atom is -0.409 e. The van der Waals surface area contributed by atoms with Crippen molar-refractivity contribution in [3.05, 3.63) is 41.6 Å². The van der Waals surface area contributed by atoms with Crippen LogP contribution in [0.25, 0.3) is 5.82 Å². The molecular formula is C13H15N5O. The van der Waals surface area contributed by atoms with Gasteiger partial charge in [0, 0.05) is 11.9 Å². The topological polar surface area (TPSA) is 89.3 Å². The normalized spacial score (nSPS) is 15.3. The van der Waals surface area contributed by atoms with Crippen molar-refractivity contribution >= 4 is 5.84 Å². The quantitative estimate of drug-likeness (QED) is 0.366. The molecule has 0 amide bonds. The Hall–Kier alpha value is -2.37. The van der Waals surface area contributed by atoms with Crippen molar-refractivity contribution in [2.24, 2.45) is 10.9 Å². The van der Waals surface area contributed by atoms with E-state index in [1.807, 2.05) is 4.57 Å². The first kappa shape index (κ1) is 11.7. The summed E-state index contributed by atoms with van der Waals surface area (Å²) in [6.45, 7) is 0. The largest absolute Gasteiger partial charge is 0.409 e. The number of pyridine rings is 1. The molecule has 6 nitrogen and oxygen atoms in total. The van der Waals surface area contributed by atoms with Crippen molar-refractivity contribution < 1.29 is 5.21 Å². The van der Waals surface area contributed by atoms with Gasteiger partial charge in [-0.2, -0.15) is 0 Å². The monoisotopic (exact) mass is 257 g/mol. The van der Waals surface area contributed by atoms with Gasteiger partial charge in [0.25, 0.3) is 0 Å². The van der Waals surface area contributed by atoms with Crippen LogP contribution in [0.3, 0.4) is 0 Å². The number of aromatic nitrogens is 3. The number of imidazole rings is 1. The van der Waals surface area contributed by atoms with Gasteiger partial charge in [0.1, 0.15) is 12.1 Å². The van der Waals surface area contributed by atoms with Gasteiger partial charge in [-0.1, -0.05) is 5.16 Å². The Balaban J connectivity index is 2.15. The highest BCUT2D eigenvalue weighted by molar-refractivity contribution is 5.99. The van der Waals surface area contributed by atoms with E-state index in [2.05, 4.69) is 15.1 Å². The smallest absolute Gasteiger partial charge is 0.173 e. The molecule has 0 unspecified atom stereocenters. The highest BCUT2D eigenvalue weighted by Gasteiger charge is 2.19. The van der Waals surface area contributed by atoms with Crippen molar-refractivity contribution in [3.8, 4) is 5.82 Å². The summed E-state index contributed by atoms with van der Waals surface area (Å²) < 4.78 is 1.95. The zero-order valence-corrected chi connectivity index (χ0v) is 10.5. The summed E-state index contributed by atoms with van der Waals surface area (Å²) in [5.41, 5.74) is 8.62. The van der Waals surface area contributed by atoms with Crippen molar-refractivity contribution in [1.82, 2.24) is 14.5 Å². The number of oxime groups is 1. The molecule has 1 aliphatic carbocycles. The van der Waals surface area contributed by atoms with Crippen LogP contribution < -0.4 is 5.73 Å². The van der Waals surface area contributed by atoms with Crippen LogP contribution in [-0.4, -0.2) is 25.6 Å². The first-order valence-corrected chi connectivity index (χ1v) is 6.29. The molecule has 0 atom stereocenters. The van der Waals surface area contributed by atoms with Crippen molar-refractivity contribution in [3.63, 3.8) is 0 Å². The SMILES string of the molecule is N/C(=N/O)c1cccnc1-n1cnc2c1CCCC2. The molecule has 0 spiro atoms. The van der Waals surface area contributed by atoms with Gasteiger partial charge < -0.3 is 10.9 Å². The average molecular weight is 257 g/mol. The molecule has 19 heavy (non-hydrogen) atoms. The maximum atomic E-state index is 8.86. The number of amidine groups is 1. The van der Waals surface area contributed by atoms with E-state index >= 15 is 0 Å². The standard InChI is InChI=1S/C13H15N5O/c14-12(17-19)9-4-3-7-15-13(9)18-8-16-10-5-1-2-6-11(10)18/h3-4,7-8,19H,1-2,5-6H2,(H2,14,17). The summed E-state index contributed by atoms with van der Waals surface area (Å²) in [6.07, 6.45) is 7.80. The molecule has 0 aromatic carbocycles. The molecule has 6 heteroatoms. The number of nitrogens with two attached hydrogens (primary N) is 1. The van der Waals surface area contributed by atoms with Crippen molar-refractivity contribution in [2.75, 3.05) is 0 Å². The number of fused-ring (bicyclic) bond motifs is 1. The fraction of sp³-hybridized carbons (Fsp3) is 0.308. The van der Waals surface area contributed by atoms with E-state index in [-0.39, 0.29) is 5.84 Å². The summed E-state index contributed by atoms with van der Waals surface area (Å²) in [6, 6.07) is 3.55. The Morgan fingerprint density at radius 2 is 2.16 bits per heavy atom. The minimum absolute atomic E-state index is 0.0568. The molecule has 3 rings (SSSR count). The Labute approximate surface area is 110 Å². The van der Waals surface area contributed by atoms with Gasteiger partial charge in [0.15, 0.2) is 5.84 Å². The molecule has 0 saturated carbocycles. The molecule has 0 saturated heterocycles. The van der Waals surface area contributed by atoms with Crippen LogP contribution in [0.15, 0.2) is 29.8 Å². The molecule has 1 aliphatic rings. The van der Waals surface area contributed by atoms with Crippen LogP contribution in [0.1, 0.15) is 29.8 Å². The second-order valence-corrected chi connectivity index (χ2v) is 4.57. The minimum atomic E-state index is 0.0568. The van der Waals surface area contributed by atoms with Crippen molar-refractivity contribution in [1.29, 1.82) is 0 Å². The van der Waals surface area contributed by atoms with E-state index in [0.29, 0.717) is 11.4 Å². The van der Waals surface area contributed by atoms with Gasteiger partial charge in [-0.3, -0.25) is 4.57 Å². The van der Waals surface area contributed by atoms with E-state index in [0.717, 1.165) is 25.0 Å². The zero-order chi connectivity index (χ0) is 13.2. The molecule has 3 N–H and O–H groups in total. The molecular weight excluding hydrogens is 242 g/mol. The number of hydrogen-bond donors (Lipinski definition) is 2. The predicted octanol–water partition coefficient (Wildman–Crippen LogP) is 1.24. The van der Waals surface area contributed by atoms with Crippen molar-refractivity contribution in [2.45, 2.75) is 25.7 Å². The maximum absolute atomic E-state index is 8.86.